The molecule has 4 nitrogen and oxygen atoms in total. The summed E-state index contributed by atoms with van der Waals surface area (Å²) in [6.07, 6.45) is -1.19. The van der Waals surface area contributed by atoms with Crippen molar-refractivity contribution >= 4 is 52.3 Å². The van der Waals surface area contributed by atoms with E-state index in [1.165, 1.54) is 0 Å². The largest absolute Gasteiger partial charge is 1.00 e. The first-order chi connectivity index (χ1) is 3.95. The molecule has 0 amide bonds. The molecule has 0 aromatic carbocycles. The molecular weight excluding hydrogens is 407 g/mol. The van der Waals surface area contributed by atoms with Gasteiger partial charge in [-0.25, -0.2) is 8.42 Å². The second-order valence-electron chi connectivity index (χ2n) is 1.54. The second kappa shape index (κ2) is 12.0. The van der Waals surface area contributed by atoms with Crippen LogP contribution in [0.4, 0.5) is 0 Å². The molecule has 0 aliphatic carbocycles. The van der Waals surface area contributed by atoms with E-state index in [4.69, 9.17) is 5.11 Å². The third kappa shape index (κ3) is 18.7. The molecule has 0 saturated carbocycles. The standard InChI is InChI=1S/C3H8O4S2.Au.2Na/c4-3(1-8)2-9(5,6)7;;;/h3-4,8H,1-2H2,(H,5,6,7);;;/q;+1;;+1/p-2. The molecule has 0 aliphatic rings. The average Bonchev–Trinajstić information content (AvgIpc) is 1.62. The van der Waals surface area contributed by atoms with Crippen LogP contribution in [0.2, 0.25) is 0 Å². The van der Waals surface area contributed by atoms with Crippen molar-refractivity contribution in [3.63, 3.8) is 0 Å². The van der Waals surface area contributed by atoms with Gasteiger partial charge >= 0.3 is 51.9 Å². The molecule has 0 aromatic rings. The molecule has 67 valence electrons. The minimum atomic E-state index is -4.30. The van der Waals surface area contributed by atoms with Crippen LogP contribution in [0.5, 0.6) is 0 Å². The topological polar surface area (TPSA) is 77.4 Å². The van der Waals surface area contributed by atoms with Gasteiger partial charge < -0.3 is 22.3 Å². The van der Waals surface area contributed by atoms with E-state index in [9.17, 15) is 13.0 Å². The minimum Gasteiger partial charge on any atom is -0.790 e. The molecule has 0 bridgehead atoms. The maximum Gasteiger partial charge on any atom is 1.00 e. The first-order valence-electron chi connectivity index (χ1n) is 2.15. The molecule has 0 heterocycles. The van der Waals surface area contributed by atoms with Gasteiger partial charge in [-0.05, 0) is 0 Å². The van der Waals surface area contributed by atoms with Gasteiger partial charge in [0.2, 0.25) is 0 Å². The third-order valence-corrected chi connectivity index (χ3v) is 1.77. The van der Waals surface area contributed by atoms with Crippen LogP contribution in [0.3, 0.4) is 0 Å². The quantitative estimate of drug-likeness (QED) is 0.285. The van der Waals surface area contributed by atoms with Gasteiger partial charge in [-0.3, -0.25) is 0 Å². The molecule has 9 heteroatoms. The fourth-order valence-electron chi connectivity index (χ4n) is 0.284. The van der Waals surface area contributed by atoms with E-state index in [2.05, 4.69) is 12.6 Å². The molecule has 0 fully saturated rings. The van der Waals surface area contributed by atoms with Crippen molar-refractivity contribution in [2.45, 2.75) is 6.10 Å². The van der Waals surface area contributed by atoms with Crippen molar-refractivity contribution in [1.29, 1.82) is 0 Å². The van der Waals surface area contributed by atoms with Crippen LogP contribution in [-0.4, -0.2) is 65.2 Å². The number of hydrogen-bond acceptors (Lipinski definition) is 5. The fourth-order valence-corrected chi connectivity index (χ4v) is 1.14. The molecule has 0 spiro atoms. The zero-order valence-electron chi connectivity index (χ0n) is 6.78. The molecule has 0 aromatic heterocycles. The van der Waals surface area contributed by atoms with E-state index in [1.807, 2.05) is 0 Å². The molecule has 1 radical (unpaired) electrons. The summed E-state index contributed by atoms with van der Waals surface area (Å²) in [5.74, 6) is -0.905. The Morgan fingerprint density at radius 2 is 1.83 bits per heavy atom. The maximum absolute atomic E-state index is 9.84. The first kappa shape index (κ1) is 24.3. The Hall–Kier alpha value is 2.96. The summed E-state index contributed by atoms with van der Waals surface area (Å²) in [7, 11) is -4.30. The monoisotopic (exact) mass is 413 g/mol. The zero-order chi connectivity index (χ0) is 7.49. The Labute approximate surface area is 138 Å². The van der Waals surface area contributed by atoms with Crippen LogP contribution in [0, 0.1) is 0 Å². The fraction of sp³-hybridized carbons (Fsp3) is 1.00. The van der Waals surface area contributed by atoms with Crippen LogP contribution < -0.4 is 29.6 Å². The summed E-state index contributed by atoms with van der Waals surface area (Å²) in [5, 5.41) is 8.51. The van der Waals surface area contributed by atoms with Crippen LogP contribution in [0.15, 0.2) is 0 Å². The Kier molecular flexibility index (Phi) is 24.3. The number of aliphatic hydroxyl groups is 1. The normalized spacial score (nSPS) is 11.6. The summed E-state index contributed by atoms with van der Waals surface area (Å²) in [6.45, 7) is 0. The Morgan fingerprint density at radius 3 is 1.92 bits per heavy atom. The SMILES string of the molecule is O=S(=O)([O-])CC(O)C[S-].[Au+].[Na+].[Na]. The van der Waals surface area contributed by atoms with E-state index in [-0.39, 0.29) is 87.2 Å². The van der Waals surface area contributed by atoms with Gasteiger partial charge in [-0.1, -0.05) is 0 Å². The number of aliphatic hydroxyl groups excluding tert-OH is 1. The van der Waals surface area contributed by atoms with Crippen molar-refractivity contribution < 1.29 is 70.0 Å². The van der Waals surface area contributed by atoms with Gasteiger partial charge in [0.1, 0.15) is 0 Å². The van der Waals surface area contributed by atoms with Crippen molar-refractivity contribution in [1.82, 2.24) is 0 Å². The second-order valence-corrected chi connectivity index (χ2v) is 3.33. The third-order valence-electron chi connectivity index (χ3n) is 0.589. The van der Waals surface area contributed by atoms with Gasteiger partial charge in [0.25, 0.3) is 0 Å². The summed E-state index contributed by atoms with van der Waals surface area (Å²) in [4.78, 5) is 0. The van der Waals surface area contributed by atoms with E-state index < -0.39 is 22.0 Å². The van der Waals surface area contributed by atoms with Gasteiger partial charge in [0, 0.05) is 35.7 Å². The molecule has 1 atom stereocenters. The van der Waals surface area contributed by atoms with E-state index in [0.717, 1.165) is 0 Å². The van der Waals surface area contributed by atoms with Gasteiger partial charge in [0.05, 0.1) is 15.9 Å². The van der Waals surface area contributed by atoms with Crippen LogP contribution >= 0.6 is 0 Å². The molecule has 0 saturated heterocycles. The van der Waals surface area contributed by atoms with Crippen LogP contribution in [-0.2, 0) is 45.1 Å². The van der Waals surface area contributed by atoms with Crippen molar-refractivity contribution in [2.75, 3.05) is 11.5 Å². The van der Waals surface area contributed by atoms with Crippen molar-refractivity contribution in [3.05, 3.63) is 0 Å². The van der Waals surface area contributed by atoms with E-state index >= 15 is 0 Å². The van der Waals surface area contributed by atoms with Crippen LogP contribution in [0.25, 0.3) is 0 Å². The van der Waals surface area contributed by atoms with Crippen LogP contribution in [0.1, 0.15) is 0 Å². The van der Waals surface area contributed by atoms with Gasteiger partial charge in [-0.2, -0.15) is 0 Å². The summed E-state index contributed by atoms with van der Waals surface area (Å²) in [6, 6.07) is 0. The molecule has 0 rings (SSSR count). The molecular formula is C3H6AuNa2O4S2. The van der Waals surface area contributed by atoms with E-state index in [0.29, 0.717) is 0 Å². The van der Waals surface area contributed by atoms with Gasteiger partial charge in [-0.15, -0.1) is 5.75 Å². The molecule has 12 heavy (non-hydrogen) atoms. The first-order valence-corrected chi connectivity index (χ1v) is 4.31. The molecule has 1 unspecified atom stereocenters. The van der Waals surface area contributed by atoms with Crippen molar-refractivity contribution in [2.24, 2.45) is 0 Å². The van der Waals surface area contributed by atoms with E-state index in [1.54, 1.807) is 0 Å². The maximum atomic E-state index is 9.84. The van der Waals surface area contributed by atoms with Gasteiger partial charge in [0.15, 0.2) is 0 Å². The number of hydrogen-bond donors (Lipinski definition) is 1. The Morgan fingerprint density at radius 1 is 1.50 bits per heavy atom. The summed E-state index contributed by atoms with van der Waals surface area (Å²) < 4.78 is 29.5. The predicted octanol–water partition coefficient (Wildman–Crippen LogP) is -4.94. The number of rotatable bonds is 3. The molecule has 0 aliphatic heterocycles. The minimum absolute atomic E-state index is 0. The Balaban J connectivity index is -0.000000107. The summed E-state index contributed by atoms with van der Waals surface area (Å²) >= 11 is 4.29. The zero-order valence-corrected chi connectivity index (χ0v) is 14.6. The Bertz CT molecular complexity index is 173. The average molecular weight is 413 g/mol. The summed E-state index contributed by atoms with van der Waals surface area (Å²) in [5.41, 5.74) is 0. The smallest absolute Gasteiger partial charge is 0.790 e. The predicted molar refractivity (Wildman–Crippen MR) is 38.6 cm³/mol. The molecule has 1 N–H and O–H groups in total. The van der Waals surface area contributed by atoms with Crippen molar-refractivity contribution in [3.8, 4) is 0 Å².